The summed E-state index contributed by atoms with van der Waals surface area (Å²) in [5, 5.41) is 3.46. The monoisotopic (exact) mass is 316 g/mol. The predicted molar refractivity (Wildman–Crippen MR) is 86.5 cm³/mol. The summed E-state index contributed by atoms with van der Waals surface area (Å²) in [6, 6.07) is 16.4. The van der Waals surface area contributed by atoms with Gasteiger partial charge in [-0.2, -0.15) is 4.72 Å². The third-order valence-corrected chi connectivity index (χ3v) is 3.94. The Hall–Kier alpha value is -2.44. The largest absolute Gasteiger partial charge is 0.324 e. The van der Waals surface area contributed by atoms with E-state index in [1.807, 2.05) is 6.07 Å². The van der Waals surface area contributed by atoms with Crippen LogP contribution in [0.1, 0.15) is 11.6 Å². The first-order valence-electron chi connectivity index (χ1n) is 6.57. The van der Waals surface area contributed by atoms with Crippen LogP contribution in [0.15, 0.2) is 72.7 Å². The molecule has 0 spiro atoms. The molecule has 2 aromatic rings. The Labute approximate surface area is 129 Å². The number of amides is 1. The highest BCUT2D eigenvalue weighted by atomic mass is 32.2. The third-order valence-electron chi connectivity index (χ3n) is 2.94. The fraction of sp³-hybridized carbons (Fsp3) is 0.0625. The Balaban J connectivity index is 2.28. The molecule has 0 heterocycles. The van der Waals surface area contributed by atoms with Gasteiger partial charge in [0.15, 0.2) is 0 Å². The van der Waals surface area contributed by atoms with Crippen LogP contribution in [-0.2, 0) is 14.8 Å². The van der Waals surface area contributed by atoms with E-state index in [-0.39, 0.29) is 0 Å². The van der Waals surface area contributed by atoms with Gasteiger partial charge in [0.25, 0.3) is 0 Å². The minimum Gasteiger partial charge on any atom is -0.324 e. The molecule has 2 aromatic carbocycles. The molecule has 2 rings (SSSR count). The topological polar surface area (TPSA) is 75.3 Å². The van der Waals surface area contributed by atoms with E-state index < -0.39 is 22.0 Å². The summed E-state index contributed by atoms with van der Waals surface area (Å²) in [4.78, 5) is 12.4. The van der Waals surface area contributed by atoms with Gasteiger partial charge in [-0.05, 0) is 17.7 Å². The van der Waals surface area contributed by atoms with Gasteiger partial charge in [0.2, 0.25) is 15.9 Å². The zero-order chi connectivity index (χ0) is 16.0. The lowest BCUT2D eigenvalue weighted by Gasteiger charge is -2.17. The molecule has 0 fully saturated rings. The molecular formula is C16H16N2O3S. The van der Waals surface area contributed by atoms with E-state index in [2.05, 4.69) is 16.6 Å². The lowest BCUT2D eigenvalue weighted by molar-refractivity contribution is -0.117. The molecule has 0 radical (unpaired) electrons. The Kier molecular flexibility index (Phi) is 5.08. The number of hydrogen-bond acceptors (Lipinski definition) is 3. The standard InChI is InChI=1S/C16H16N2O3S/c1-2-22(20,21)18-15(13-9-5-3-6-10-13)16(19)17-14-11-7-4-8-12-14/h2-12,15,18H,1H2,(H,17,19)/t15-/m0/s1. The van der Waals surface area contributed by atoms with Crippen LogP contribution in [0, 0.1) is 0 Å². The molecule has 0 unspecified atom stereocenters. The molecule has 0 saturated carbocycles. The molecule has 0 aromatic heterocycles. The summed E-state index contributed by atoms with van der Waals surface area (Å²) in [5.74, 6) is -0.470. The van der Waals surface area contributed by atoms with Crippen LogP contribution >= 0.6 is 0 Å². The molecule has 1 atom stereocenters. The zero-order valence-corrected chi connectivity index (χ0v) is 12.6. The van der Waals surface area contributed by atoms with Gasteiger partial charge in [-0.15, -0.1) is 0 Å². The molecule has 1 amide bonds. The van der Waals surface area contributed by atoms with Crippen LogP contribution in [0.3, 0.4) is 0 Å². The Bertz CT molecular complexity index is 743. The van der Waals surface area contributed by atoms with Crippen molar-refractivity contribution in [2.24, 2.45) is 0 Å². The van der Waals surface area contributed by atoms with Crippen molar-refractivity contribution in [1.29, 1.82) is 0 Å². The maximum atomic E-state index is 12.4. The van der Waals surface area contributed by atoms with Crippen LogP contribution < -0.4 is 10.0 Å². The number of para-hydroxylation sites is 1. The van der Waals surface area contributed by atoms with Crippen molar-refractivity contribution in [1.82, 2.24) is 4.72 Å². The van der Waals surface area contributed by atoms with E-state index >= 15 is 0 Å². The lowest BCUT2D eigenvalue weighted by atomic mass is 10.1. The van der Waals surface area contributed by atoms with Crippen molar-refractivity contribution in [3.63, 3.8) is 0 Å². The van der Waals surface area contributed by atoms with Gasteiger partial charge < -0.3 is 5.32 Å². The highest BCUT2D eigenvalue weighted by molar-refractivity contribution is 7.92. The molecule has 0 aliphatic rings. The average molecular weight is 316 g/mol. The number of rotatable bonds is 6. The summed E-state index contributed by atoms with van der Waals surface area (Å²) in [5.41, 5.74) is 1.13. The molecule has 114 valence electrons. The van der Waals surface area contributed by atoms with E-state index in [0.29, 0.717) is 11.3 Å². The predicted octanol–water partition coefficient (Wildman–Crippen LogP) is 2.43. The molecule has 2 N–H and O–H groups in total. The van der Waals surface area contributed by atoms with Crippen LogP contribution in [0.4, 0.5) is 5.69 Å². The van der Waals surface area contributed by atoms with E-state index in [0.717, 1.165) is 5.41 Å². The summed E-state index contributed by atoms with van der Waals surface area (Å²) >= 11 is 0. The Morgan fingerprint density at radius 2 is 1.55 bits per heavy atom. The van der Waals surface area contributed by atoms with Gasteiger partial charge >= 0.3 is 0 Å². The van der Waals surface area contributed by atoms with Gasteiger partial charge in [0, 0.05) is 11.1 Å². The minimum atomic E-state index is -3.75. The second kappa shape index (κ2) is 7.02. The summed E-state index contributed by atoms with van der Waals surface area (Å²) in [6.07, 6.45) is 0. The van der Waals surface area contributed by atoms with Gasteiger partial charge in [0.05, 0.1) is 0 Å². The van der Waals surface area contributed by atoms with Crippen molar-refractivity contribution >= 4 is 21.6 Å². The smallest absolute Gasteiger partial charge is 0.247 e. The van der Waals surface area contributed by atoms with Crippen LogP contribution in [0.2, 0.25) is 0 Å². The highest BCUT2D eigenvalue weighted by Gasteiger charge is 2.24. The van der Waals surface area contributed by atoms with Crippen molar-refractivity contribution < 1.29 is 13.2 Å². The van der Waals surface area contributed by atoms with Crippen molar-refractivity contribution in [3.05, 3.63) is 78.2 Å². The van der Waals surface area contributed by atoms with Crippen LogP contribution in [-0.4, -0.2) is 14.3 Å². The number of carbonyl (C=O) groups is 1. The molecule has 6 heteroatoms. The van der Waals surface area contributed by atoms with Gasteiger partial charge in [-0.3, -0.25) is 4.79 Å². The van der Waals surface area contributed by atoms with Gasteiger partial charge in [-0.25, -0.2) is 8.42 Å². The normalized spacial score (nSPS) is 12.4. The van der Waals surface area contributed by atoms with E-state index in [9.17, 15) is 13.2 Å². The van der Waals surface area contributed by atoms with E-state index in [4.69, 9.17) is 0 Å². The fourth-order valence-electron chi connectivity index (χ4n) is 1.87. The molecule has 0 aliphatic heterocycles. The van der Waals surface area contributed by atoms with Crippen LogP contribution in [0.5, 0.6) is 0 Å². The first-order valence-corrected chi connectivity index (χ1v) is 8.12. The second-order valence-corrected chi connectivity index (χ2v) is 6.19. The molecule has 22 heavy (non-hydrogen) atoms. The fourth-order valence-corrected chi connectivity index (χ4v) is 2.53. The zero-order valence-electron chi connectivity index (χ0n) is 11.8. The van der Waals surface area contributed by atoms with Crippen molar-refractivity contribution in [3.8, 4) is 0 Å². The maximum Gasteiger partial charge on any atom is 0.247 e. The number of carbonyl (C=O) groups excluding carboxylic acids is 1. The number of anilines is 1. The first kappa shape index (κ1) is 15.9. The highest BCUT2D eigenvalue weighted by Crippen LogP contribution is 2.17. The molecule has 0 bridgehead atoms. The quantitative estimate of drug-likeness (QED) is 0.859. The number of sulfonamides is 1. The van der Waals surface area contributed by atoms with Gasteiger partial charge in [0.1, 0.15) is 6.04 Å². The summed E-state index contributed by atoms with van der Waals surface area (Å²) in [7, 11) is -3.75. The molecular weight excluding hydrogens is 300 g/mol. The molecule has 0 saturated heterocycles. The minimum absolute atomic E-state index is 0.470. The van der Waals surface area contributed by atoms with Crippen LogP contribution in [0.25, 0.3) is 0 Å². The summed E-state index contributed by atoms with van der Waals surface area (Å²) in [6.45, 7) is 3.24. The second-order valence-electron chi connectivity index (χ2n) is 4.53. The maximum absolute atomic E-state index is 12.4. The molecule has 0 aliphatic carbocycles. The first-order chi connectivity index (χ1) is 10.5. The Morgan fingerprint density at radius 3 is 2.09 bits per heavy atom. The van der Waals surface area contributed by atoms with Crippen molar-refractivity contribution in [2.75, 3.05) is 5.32 Å². The SMILES string of the molecule is C=CS(=O)(=O)N[C@H](C(=O)Nc1ccccc1)c1ccccc1. The summed E-state index contributed by atoms with van der Waals surface area (Å²) < 4.78 is 25.8. The van der Waals surface area contributed by atoms with Gasteiger partial charge in [-0.1, -0.05) is 55.1 Å². The van der Waals surface area contributed by atoms with E-state index in [1.54, 1.807) is 54.6 Å². The number of benzene rings is 2. The lowest BCUT2D eigenvalue weighted by Crippen LogP contribution is -2.35. The van der Waals surface area contributed by atoms with Crippen molar-refractivity contribution in [2.45, 2.75) is 6.04 Å². The Morgan fingerprint density at radius 1 is 1.00 bits per heavy atom. The van der Waals surface area contributed by atoms with E-state index in [1.165, 1.54) is 0 Å². The third kappa shape index (κ3) is 4.28. The number of hydrogen-bond donors (Lipinski definition) is 2. The number of nitrogens with one attached hydrogen (secondary N) is 2. The average Bonchev–Trinajstić information content (AvgIpc) is 2.54. The molecule has 5 nitrogen and oxygen atoms in total.